The zero-order chi connectivity index (χ0) is 13.6. The standard InChI is InChI=1S/C17H23NO/c1-5-18-9-14-16(13-6-7-13)15-11(3)8-10(2)12(4)17(15)19-14/h8,13,18H,5-7,9H2,1-4H3. The molecule has 1 N–H and O–H groups in total. The number of nitrogens with one attached hydrogen (secondary N) is 1. The van der Waals surface area contributed by atoms with Crippen molar-refractivity contribution in [2.45, 2.75) is 53.0 Å². The summed E-state index contributed by atoms with van der Waals surface area (Å²) < 4.78 is 6.23. The highest BCUT2D eigenvalue weighted by molar-refractivity contribution is 5.89. The lowest BCUT2D eigenvalue weighted by molar-refractivity contribution is 0.512. The van der Waals surface area contributed by atoms with Crippen LogP contribution in [0.25, 0.3) is 11.0 Å². The molecule has 2 nitrogen and oxygen atoms in total. The lowest BCUT2D eigenvalue weighted by Gasteiger charge is -2.05. The van der Waals surface area contributed by atoms with E-state index in [-0.39, 0.29) is 0 Å². The van der Waals surface area contributed by atoms with E-state index in [2.05, 4.69) is 39.1 Å². The first-order valence-corrected chi connectivity index (χ1v) is 7.36. The van der Waals surface area contributed by atoms with Crippen LogP contribution in [0, 0.1) is 20.8 Å². The molecule has 0 saturated heterocycles. The molecule has 0 spiro atoms. The molecule has 2 aromatic rings. The second-order valence-electron chi connectivity index (χ2n) is 5.83. The molecule has 1 heterocycles. The summed E-state index contributed by atoms with van der Waals surface area (Å²) in [7, 11) is 0. The Morgan fingerprint density at radius 2 is 1.95 bits per heavy atom. The highest BCUT2D eigenvalue weighted by Gasteiger charge is 2.31. The molecule has 102 valence electrons. The minimum atomic E-state index is 0.732. The first-order chi connectivity index (χ1) is 9.13. The summed E-state index contributed by atoms with van der Waals surface area (Å²) in [6, 6.07) is 2.30. The molecule has 1 aliphatic rings. The summed E-state index contributed by atoms with van der Waals surface area (Å²) in [6.07, 6.45) is 2.64. The fraction of sp³-hybridized carbons (Fsp3) is 0.529. The molecule has 1 aliphatic carbocycles. The summed E-state index contributed by atoms with van der Waals surface area (Å²) in [4.78, 5) is 0. The van der Waals surface area contributed by atoms with Gasteiger partial charge in [0.05, 0.1) is 6.54 Å². The number of hydrogen-bond donors (Lipinski definition) is 1. The van der Waals surface area contributed by atoms with E-state index in [1.807, 2.05) is 0 Å². The van der Waals surface area contributed by atoms with Crippen LogP contribution in [-0.4, -0.2) is 6.54 Å². The van der Waals surface area contributed by atoms with Crippen molar-refractivity contribution >= 4 is 11.0 Å². The van der Waals surface area contributed by atoms with Gasteiger partial charge in [0.25, 0.3) is 0 Å². The van der Waals surface area contributed by atoms with Crippen LogP contribution in [0.1, 0.15) is 53.7 Å². The molecular weight excluding hydrogens is 234 g/mol. The summed E-state index contributed by atoms with van der Waals surface area (Å²) in [5.74, 6) is 1.90. The van der Waals surface area contributed by atoms with E-state index in [1.54, 1.807) is 0 Å². The maximum Gasteiger partial charge on any atom is 0.138 e. The van der Waals surface area contributed by atoms with Crippen molar-refractivity contribution in [3.05, 3.63) is 34.1 Å². The maximum absolute atomic E-state index is 6.23. The van der Waals surface area contributed by atoms with Crippen LogP contribution in [0.2, 0.25) is 0 Å². The van der Waals surface area contributed by atoms with Gasteiger partial charge in [-0.15, -0.1) is 0 Å². The lowest BCUT2D eigenvalue weighted by Crippen LogP contribution is -2.12. The average molecular weight is 257 g/mol. The third kappa shape index (κ3) is 2.08. The summed E-state index contributed by atoms with van der Waals surface area (Å²) >= 11 is 0. The van der Waals surface area contributed by atoms with E-state index in [1.165, 1.54) is 40.5 Å². The van der Waals surface area contributed by atoms with Crippen LogP contribution in [0.3, 0.4) is 0 Å². The first-order valence-electron chi connectivity index (χ1n) is 7.36. The molecular formula is C17H23NO. The molecule has 19 heavy (non-hydrogen) atoms. The predicted molar refractivity (Wildman–Crippen MR) is 79.8 cm³/mol. The van der Waals surface area contributed by atoms with Crippen molar-refractivity contribution in [1.29, 1.82) is 0 Å². The van der Waals surface area contributed by atoms with Gasteiger partial charge in [0.1, 0.15) is 11.3 Å². The van der Waals surface area contributed by atoms with E-state index in [9.17, 15) is 0 Å². The molecule has 1 fully saturated rings. The van der Waals surface area contributed by atoms with Crippen LogP contribution in [0.5, 0.6) is 0 Å². The number of fused-ring (bicyclic) bond motifs is 1. The van der Waals surface area contributed by atoms with Gasteiger partial charge in [-0.05, 0) is 62.8 Å². The molecule has 0 atom stereocenters. The largest absolute Gasteiger partial charge is 0.459 e. The van der Waals surface area contributed by atoms with Gasteiger partial charge in [0, 0.05) is 10.9 Å². The fourth-order valence-corrected chi connectivity index (χ4v) is 3.00. The van der Waals surface area contributed by atoms with E-state index >= 15 is 0 Å². The number of benzene rings is 1. The SMILES string of the molecule is CCNCc1oc2c(C)c(C)cc(C)c2c1C1CC1. The van der Waals surface area contributed by atoms with Crippen molar-refractivity contribution in [2.75, 3.05) is 6.54 Å². The van der Waals surface area contributed by atoms with E-state index < -0.39 is 0 Å². The van der Waals surface area contributed by atoms with Gasteiger partial charge in [-0.2, -0.15) is 0 Å². The molecule has 1 aromatic heterocycles. The van der Waals surface area contributed by atoms with Crippen molar-refractivity contribution < 1.29 is 4.42 Å². The second-order valence-corrected chi connectivity index (χ2v) is 5.83. The highest BCUT2D eigenvalue weighted by atomic mass is 16.3. The molecule has 3 rings (SSSR count). The predicted octanol–water partition coefficient (Wildman–Crippen LogP) is 4.34. The Morgan fingerprint density at radius 3 is 2.58 bits per heavy atom. The molecule has 0 aliphatic heterocycles. The summed E-state index contributed by atoms with van der Waals surface area (Å²) in [5.41, 5.74) is 6.59. The second kappa shape index (κ2) is 4.68. The van der Waals surface area contributed by atoms with Crippen molar-refractivity contribution in [1.82, 2.24) is 5.32 Å². The third-order valence-electron chi connectivity index (χ3n) is 4.30. The van der Waals surface area contributed by atoms with E-state index in [4.69, 9.17) is 4.42 Å². The topological polar surface area (TPSA) is 25.2 Å². The number of hydrogen-bond acceptors (Lipinski definition) is 2. The van der Waals surface area contributed by atoms with Gasteiger partial charge in [-0.3, -0.25) is 0 Å². The average Bonchev–Trinajstić information content (AvgIpc) is 3.14. The third-order valence-corrected chi connectivity index (χ3v) is 4.30. The fourth-order valence-electron chi connectivity index (χ4n) is 3.00. The zero-order valence-electron chi connectivity index (χ0n) is 12.4. The Balaban J connectivity index is 2.23. The van der Waals surface area contributed by atoms with Gasteiger partial charge in [-0.25, -0.2) is 0 Å². The van der Waals surface area contributed by atoms with Crippen molar-refractivity contribution in [3.8, 4) is 0 Å². The minimum absolute atomic E-state index is 0.732. The Bertz CT molecular complexity index is 620. The van der Waals surface area contributed by atoms with Gasteiger partial charge in [-0.1, -0.05) is 13.0 Å². The number of furan rings is 1. The van der Waals surface area contributed by atoms with E-state index in [0.29, 0.717) is 0 Å². The quantitative estimate of drug-likeness (QED) is 0.881. The van der Waals surface area contributed by atoms with Gasteiger partial charge in [0.15, 0.2) is 0 Å². The Hall–Kier alpha value is -1.28. The normalized spacial score (nSPS) is 15.4. The van der Waals surface area contributed by atoms with Gasteiger partial charge >= 0.3 is 0 Å². The molecule has 1 aromatic carbocycles. The van der Waals surface area contributed by atoms with Crippen LogP contribution < -0.4 is 5.32 Å². The maximum atomic E-state index is 6.23. The zero-order valence-corrected chi connectivity index (χ0v) is 12.4. The molecule has 0 radical (unpaired) electrons. The van der Waals surface area contributed by atoms with Crippen LogP contribution in [-0.2, 0) is 6.54 Å². The van der Waals surface area contributed by atoms with Crippen molar-refractivity contribution in [3.63, 3.8) is 0 Å². The van der Waals surface area contributed by atoms with E-state index in [0.717, 1.165) is 30.4 Å². The van der Waals surface area contributed by atoms with Crippen LogP contribution in [0.15, 0.2) is 10.5 Å². The van der Waals surface area contributed by atoms with Gasteiger partial charge in [0.2, 0.25) is 0 Å². The molecule has 0 bridgehead atoms. The Labute approximate surface area is 115 Å². The molecule has 2 heteroatoms. The lowest BCUT2D eigenvalue weighted by atomic mass is 9.97. The minimum Gasteiger partial charge on any atom is -0.459 e. The summed E-state index contributed by atoms with van der Waals surface area (Å²) in [5, 5.41) is 4.80. The number of aryl methyl sites for hydroxylation is 3. The Morgan fingerprint density at radius 1 is 1.21 bits per heavy atom. The number of rotatable bonds is 4. The van der Waals surface area contributed by atoms with Crippen LogP contribution in [0.4, 0.5) is 0 Å². The molecule has 0 unspecified atom stereocenters. The monoisotopic (exact) mass is 257 g/mol. The van der Waals surface area contributed by atoms with Gasteiger partial charge < -0.3 is 9.73 Å². The van der Waals surface area contributed by atoms with Crippen LogP contribution >= 0.6 is 0 Å². The Kier molecular flexibility index (Phi) is 3.14. The molecule has 0 amide bonds. The molecule has 1 saturated carbocycles. The smallest absolute Gasteiger partial charge is 0.138 e. The summed E-state index contributed by atoms with van der Waals surface area (Å²) in [6.45, 7) is 10.5. The van der Waals surface area contributed by atoms with Crippen molar-refractivity contribution in [2.24, 2.45) is 0 Å². The first kappa shape index (κ1) is 12.7. The highest BCUT2D eigenvalue weighted by Crippen LogP contribution is 2.47.